The van der Waals surface area contributed by atoms with E-state index in [4.69, 9.17) is 0 Å². The molecule has 5 nitrogen and oxygen atoms in total. The number of thiophene rings is 1. The average molecular weight is 446 g/mol. The average Bonchev–Trinajstić information content (AvgIpc) is 3.03. The minimum absolute atomic E-state index is 0.0229. The molecule has 1 amide bonds. The second-order valence-electron chi connectivity index (χ2n) is 6.90. The smallest absolute Gasteiger partial charge is 0.262 e. The Morgan fingerprint density at radius 1 is 1.33 bits per heavy atom. The fourth-order valence-corrected chi connectivity index (χ4v) is 5.05. The molecule has 2 heterocycles. The number of carbonyl (C=O) groups is 1. The maximum atomic E-state index is 12.9. The van der Waals surface area contributed by atoms with Crippen LogP contribution in [0.3, 0.4) is 0 Å². The monoisotopic (exact) mass is 445 g/mol. The number of carbonyl (C=O) groups excluding carboxylic acids is 1. The van der Waals surface area contributed by atoms with Crippen LogP contribution >= 0.6 is 27.3 Å². The van der Waals surface area contributed by atoms with Crippen LogP contribution in [0.15, 0.2) is 33.8 Å². The second-order valence-corrected chi connectivity index (χ2v) is 8.83. The predicted octanol–water partition coefficient (Wildman–Crippen LogP) is 4.44. The molecule has 0 spiro atoms. The zero-order chi connectivity index (χ0) is 19.0. The van der Waals surface area contributed by atoms with Crippen LogP contribution in [0.2, 0.25) is 0 Å². The molecule has 1 aliphatic carbocycles. The highest BCUT2D eigenvalue weighted by Crippen LogP contribution is 2.33. The fraction of sp³-hybridized carbons (Fsp3) is 0.350. The molecular weight excluding hydrogens is 426 g/mol. The Morgan fingerprint density at radius 2 is 2.15 bits per heavy atom. The molecule has 4 rings (SSSR count). The molecule has 0 unspecified atom stereocenters. The third-order valence-corrected chi connectivity index (χ3v) is 7.03. The number of rotatable bonds is 4. The summed E-state index contributed by atoms with van der Waals surface area (Å²) >= 11 is 5.11. The van der Waals surface area contributed by atoms with E-state index in [1.807, 2.05) is 25.1 Å². The van der Waals surface area contributed by atoms with Crippen molar-refractivity contribution in [2.75, 3.05) is 5.32 Å². The lowest BCUT2D eigenvalue weighted by Crippen LogP contribution is -2.24. The van der Waals surface area contributed by atoms with Crippen molar-refractivity contribution < 1.29 is 4.79 Å². The summed E-state index contributed by atoms with van der Waals surface area (Å²) in [6, 6.07) is 5.70. The number of aryl methyl sites for hydroxylation is 4. The number of fused-ring (bicyclic) bond motifs is 3. The highest BCUT2D eigenvalue weighted by atomic mass is 79.9. The highest BCUT2D eigenvalue weighted by molar-refractivity contribution is 9.10. The first-order valence-electron chi connectivity index (χ1n) is 9.08. The van der Waals surface area contributed by atoms with Crippen molar-refractivity contribution >= 4 is 49.1 Å². The van der Waals surface area contributed by atoms with Crippen LogP contribution in [0.4, 0.5) is 5.69 Å². The summed E-state index contributed by atoms with van der Waals surface area (Å²) in [5, 5.41) is 3.64. The van der Waals surface area contributed by atoms with Crippen molar-refractivity contribution in [3.8, 4) is 0 Å². The number of nitrogens with one attached hydrogen (secondary N) is 1. The summed E-state index contributed by atoms with van der Waals surface area (Å²) in [6.45, 7) is 2.32. The maximum Gasteiger partial charge on any atom is 0.262 e. The van der Waals surface area contributed by atoms with Crippen molar-refractivity contribution in [2.45, 2.75) is 45.6 Å². The van der Waals surface area contributed by atoms with E-state index in [9.17, 15) is 9.59 Å². The van der Waals surface area contributed by atoms with E-state index in [-0.39, 0.29) is 17.9 Å². The van der Waals surface area contributed by atoms with E-state index in [0.29, 0.717) is 6.54 Å². The molecule has 1 aliphatic rings. The zero-order valence-corrected chi connectivity index (χ0v) is 17.5. The Hall–Kier alpha value is -1.99. The van der Waals surface area contributed by atoms with Gasteiger partial charge in [0.15, 0.2) is 0 Å². The highest BCUT2D eigenvalue weighted by Gasteiger charge is 2.20. The molecule has 0 aliphatic heterocycles. The Labute approximate surface area is 169 Å². The number of anilines is 1. The standard InChI is InChI=1S/C20H20BrN3O2S/c1-12-6-7-13(10-15(12)21)23-17(25)8-9-24-11-22-19-18(20(24)26)14-4-2-3-5-16(14)27-19/h6-7,10-11H,2-5,8-9H2,1H3,(H,23,25). The molecule has 0 fully saturated rings. The largest absolute Gasteiger partial charge is 0.326 e. The number of hydrogen-bond donors (Lipinski definition) is 1. The van der Waals surface area contributed by atoms with Crippen molar-refractivity contribution in [1.29, 1.82) is 0 Å². The molecule has 3 aromatic rings. The van der Waals surface area contributed by atoms with E-state index < -0.39 is 0 Å². The first-order valence-corrected chi connectivity index (χ1v) is 10.7. The fourth-order valence-electron chi connectivity index (χ4n) is 3.46. The van der Waals surface area contributed by atoms with Gasteiger partial charge >= 0.3 is 0 Å². The van der Waals surface area contributed by atoms with Gasteiger partial charge in [-0.1, -0.05) is 22.0 Å². The molecule has 140 valence electrons. The van der Waals surface area contributed by atoms with E-state index in [0.717, 1.165) is 45.2 Å². The lowest BCUT2D eigenvalue weighted by Gasteiger charge is -2.11. The van der Waals surface area contributed by atoms with E-state index in [2.05, 4.69) is 26.2 Å². The molecule has 27 heavy (non-hydrogen) atoms. The topological polar surface area (TPSA) is 64.0 Å². The summed E-state index contributed by atoms with van der Waals surface area (Å²) in [5.41, 5.74) is 3.01. The summed E-state index contributed by atoms with van der Waals surface area (Å²) in [6.07, 6.45) is 6.11. The predicted molar refractivity (Wildman–Crippen MR) is 113 cm³/mol. The molecule has 7 heteroatoms. The summed E-state index contributed by atoms with van der Waals surface area (Å²) in [4.78, 5) is 31.8. The van der Waals surface area contributed by atoms with Crippen molar-refractivity contribution in [3.63, 3.8) is 0 Å². The van der Waals surface area contributed by atoms with Gasteiger partial charge in [0.2, 0.25) is 5.91 Å². The molecule has 1 N–H and O–H groups in total. The number of nitrogens with zero attached hydrogens (tertiary/aromatic N) is 2. The molecule has 0 saturated carbocycles. The van der Waals surface area contributed by atoms with Gasteiger partial charge in [-0.3, -0.25) is 14.2 Å². The van der Waals surface area contributed by atoms with Gasteiger partial charge in [0.25, 0.3) is 5.56 Å². The lowest BCUT2D eigenvalue weighted by molar-refractivity contribution is -0.116. The van der Waals surface area contributed by atoms with Gasteiger partial charge in [0.1, 0.15) is 4.83 Å². The lowest BCUT2D eigenvalue weighted by atomic mass is 9.97. The summed E-state index contributed by atoms with van der Waals surface area (Å²) in [7, 11) is 0. The maximum absolute atomic E-state index is 12.9. The third kappa shape index (κ3) is 3.71. The quantitative estimate of drug-likeness (QED) is 0.645. The first kappa shape index (κ1) is 18.4. The number of halogens is 1. The minimum Gasteiger partial charge on any atom is -0.326 e. The van der Waals surface area contributed by atoms with Crippen LogP contribution in [0.25, 0.3) is 10.2 Å². The van der Waals surface area contributed by atoms with Crippen molar-refractivity contribution in [1.82, 2.24) is 9.55 Å². The number of hydrogen-bond acceptors (Lipinski definition) is 4. The Balaban J connectivity index is 1.50. The van der Waals surface area contributed by atoms with Gasteiger partial charge in [0.05, 0.1) is 11.7 Å². The van der Waals surface area contributed by atoms with Crippen LogP contribution < -0.4 is 10.9 Å². The van der Waals surface area contributed by atoms with Gasteiger partial charge in [-0.15, -0.1) is 11.3 Å². The molecule has 0 radical (unpaired) electrons. The second kappa shape index (κ2) is 7.56. The van der Waals surface area contributed by atoms with E-state index in [1.54, 1.807) is 22.2 Å². The third-order valence-electron chi connectivity index (χ3n) is 4.98. The van der Waals surface area contributed by atoms with E-state index in [1.165, 1.54) is 16.9 Å². The molecule has 0 atom stereocenters. The van der Waals surface area contributed by atoms with Crippen LogP contribution in [-0.4, -0.2) is 15.5 Å². The van der Waals surface area contributed by atoms with Gasteiger partial charge < -0.3 is 5.32 Å². The Bertz CT molecular complexity index is 1090. The minimum atomic E-state index is -0.120. The zero-order valence-electron chi connectivity index (χ0n) is 15.0. The van der Waals surface area contributed by atoms with Gasteiger partial charge in [0, 0.05) is 28.0 Å². The molecular formula is C20H20BrN3O2S. The van der Waals surface area contributed by atoms with Crippen LogP contribution in [0.5, 0.6) is 0 Å². The van der Waals surface area contributed by atoms with Gasteiger partial charge in [-0.05, 0) is 55.9 Å². The normalized spacial score (nSPS) is 13.6. The molecule has 0 saturated heterocycles. The number of benzene rings is 1. The number of amides is 1. The Morgan fingerprint density at radius 3 is 2.96 bits per heavy atom. The van der Waals surface area contributed by atoms with Gasteiger partial charge in [-0.25, -0.2) is 4.98 Å². The SMILES string of the molecule is Cc1ccc(NC(=O)CCn2cnc3sc4c(c3c2=O)CCCC4)cc1Br. The van der Waals surface area contributed by atoms with Gasteiger partial charge in [-0.2, -0.15) is 0 Å². The summed E-state index contributed by atoms with van der Waals surface area (Å²) < 4.78 is 2.52. The van der Waals surface area contributed by atoms with Crippen molar-refractivity contribution in [2.24, 2.45) is 0 Å². The Kier molecular flexibility index (Phi) is 5.14. The molecule has 2 aromatic heterocycles. The number of aromatic nitrogens is 2. The first-order chi connectivity index (χ1) is 13.0. The summed E-state index contributed by atoms with van der Waals surface area (Å²) in [5.74, 6) is -0.120. The van der Waals surface area contributed by atoms with Crippen LogP contribution in [-0.2, 0) is 24.2 Å². The van der Waals surface area contributed by atoms with Crippen molar-refractivity contribution in [3.05, 3.63) is 55.4 Å². The van der Waals surface area contributed by atoms with E-state index >= 15 is 0 Å². The van der Waals surface area contributed by atoms with Crippen LogP contribution in [0.1, 0.15) is 35.3 Å². The molecule has 0 bridgehead atoms. The van der Waals surface area contributed by atoms with Crippen LogP contribution in [0, 0.1) is 6.92 Å². The molecule has 1 aromatic carbocycles.